The molecule has 0 atom stereocenters. The molecule has 0 radical (unpaired) electrons. The third kappa shape index (κ3) is 2.66. The molecule has 1 aliphatic rings. The molecule has 0 aliphatic carbocycles. The Morgan fingerprint density at radius 1 is 1.50 bits per heavy atom. The first kappa shape index (κ1) is 9.26. The van der Waals surface area contributed by atoms with Crippen molar-refractivity contribution in [1.82, 2.24) is 4.90 Å². The van der Waals surface area contributed by atoms with E-state index in [1.165, 1.54) is 0 Å². The number of rotatable bonds is 3. The van der Waals surface area contributed by atoms with Gasteiger partial charge in [0.05, 0.1) is 6.61 Å². The summed E-state index contributed by atoms with van der Waals surface area (Å²) in [5, 5.41) is 0. The molecule has 0 aromatic rings. The maximum absolute atomic E-state index is 11.3. The van der Waals surface area contributed by atoms with E-state index in [1.54, 1.807) is 19.3 Å². The third-order valence-electron chi connectivity index (χ3n) is 1.94. The van der Waals surface area contributed by atoms with Crippen LogP contribution in [0.3, 0.4) is 0 Å². The van der Waals surface area contributed by atoms with E-state index in [0.29, 0.717) is 6.61 Å². The number of hydrogen-bond donors (Lipinski definition) is 0. The first-order valence-corrected chi connectivity index (χ1v) is 4.29. The molecule has 3 nitrogen and oxygen atoms in total. The van der Waals surface area contributed by atoms with Crippen LogP contribution >= 0.6 is 0 Å². The molecule has 12 heavy (non-hydrogen) atoms. The molecule has 1 saturated heterocycles. The minimum atomic E-state index is 0.115. The highest BCUT2D eigenvalue weighted by atomic mass is 16.5. The summed E-state index contributed by atoms with van der Waals surface area (Å²) in [6.45, 7) is 2.34. The van der Waals surface area contributed by atoms with Crippen LogP contribution in [0.2, 0.25) is 0 Å². The van der Waals surface area contributed by atoms with Gasteiger partial charge in [-0.15, -0.1) is 0 Å². The van der Waals surface area contributed by atoms with E-state index in [-0.39, 0.29) is 5.91 Å². The van der Waals surface area contributed by atoms with Crippen LogP contribution in [0, 0.1) is 0 Å². The summed E-state index contributed by atoms with van der Waals surface area (Å²) in [7, 11) is 1.62. The van der Waals surface area contributed by atoms with Crippen molar-refractivity contribution in [3.8, 4) is 0 Å². The molecule has 0 aromatic heterocycles. The van der Waals surface area contributed by atoms with Gasteiger partial charge in [0.25, 0.3) is 0 Å². The minimum absolute atomic E-state index is 0.115. The summed E-state index contributed by atoms with van der Waals surface area (Å²) in [6, 6.07) is 0. The van der Waals surface area contributed by atoms with Crippen LogP contribution in [0.4, 0.5) is 0 Å². The highest BCUT2D eigenvalue weighted by Gasteiger charge is 2.14. The zero-order valence-electron chi connectivity index (χ0n) is 7.45. The van der Waals surface area contributed by atoms with Crippen molar-refractivity contribution in [2.45, 2.75) is 12.8 Å². The van der Waals surface area contributed by atoms with Gasteiger partial charge in [0.1, 0.15) is 0 Å². The molecular formula is C9H15NO2. The number of amides is 1. The highest BCUT2D eigenvalue weighted by Crippen LogP contribution is 2.07. The minimum Gasteiger partial charge on any atom is -0.381 e. The fourth-order valence-corrected chi connectivity index (χ4v) is 1.29. The molecule has 3 heteroatoms. The van der Waals surface area contributed by atoms with Crippen molar-refractivity contribution >= 4 is 5.91 Å². The number of hydrogen-bond acceptors (Lipinski definition) is 2. The third-order valence-corrected chi connectivity index (χ3v) is 1.94. The molecule has 1 rings (SSSR count). The van der Waals surface area contributed by atoms with Crippen LogP contribution in [-0.4, -0.2) is 37.6 Å². The first-order chi connectivity index (χ1) is 5.84. The highest BCUT2D eigenvalue weighted by molar-refractivity contribution is 5.87. The second-order valence-electron chi connectivity index (χ2n) is 2.89. The molecule has 1 fully saturated rings. The van der Waals surface area contributed by atoms with Gasteiger partial charge in [-0.1, -0.05) is 6.08 Å². The number of carbonyl (C=O) groups excluding carboxylic acids is 1. The van der Waals surface area contributed by atoms with Crippen molar-refractivity contribution in [2.24, 2.45) is 0 Å². The fraction of sp³-hybridized carbons (Fsp3) is 0.667. The SMILES string of the molecule is COC/C=C/C(=O)N1CCCC1. The molecule has 1 heterocycles. The van der Waals surface area contributed by atoms with Crippen LogP contribution in [0.1, 0.15) is 12.8 Å². The quantitative estimate of drug-likeness (QED) is 0.585. The Bertz CT molecular complexity index is 171. The van der Waals surface area contributed by atoms with Gasteiger partial charge in [-0.2, -0.15) is 0 Å². The lowest BCUT2D eigenvalue weighted by Crippen LogP contribution is -2.25. The number of methoxy groups -OCH3 is 1. The molecule has 0 saturated carbocycles. The van der Waals surface area contributed by atoms with Gasteiger partial charge in [-0.25, -0.2) is 0 Å². The number of ether oxygens (including phenoxy) is 1. The Morgan fingerprint density at radius 3 is 2.75 bits per heavy atom. The van der Waals surface area contributed by atoms with Crippen molar-refractivity contribution < 1.29 is 9.53 Å². The second-order valence-corrected chi connectivity index (χ2v) is 2.89. The zero-order valence-corrected chi connectivity index (χ0v) is 7.45. The predicted molar refractivity (Wildman–Crippen MR) is 46.8 cm³/mol. The van der Waals surface area contributed by atoms with Crippen molar-refractivity contribution in [3.05, 3.63) is 12.2 Å². The van der Waals surface area contributed by atoms with Crippen LogP contribution in [-0.2, 0) is 9.53 Å². The van der Waals surface area contributed by atoms with Gasteiger partial charge in [0.2, 0.25) is 5.91 Å². The molecule has 0 N–H and O–H groups in total. The molecular weight excluding hydrogens is 154 g/mol. The average Bonchev–Trinajstić information content (AvgIpc) is 2.56. The van der Waals surface area contributed by atoms with E-state index in [1.807, 2.05) is 4.90 Å². The summed E-state index contributed by atoms with van der Waals surface area (Å²) in [4.78, 5) is 13.2. The Kier molecular flexibility index (Phi) is 3.80. The second kappa shape index (κ2) is 4.93. The fourth-order valence-electron chi connectivity index (χ4n) is 1.29. The van der Waals surface area contributed by atoms with Gasteiger partial charge >= 0.3 is 0 Å². The van der Waals surface area contributed by atoms with Crippen LogP contribution in [0.25, 0.3) is 0 Å². The van der Waals surface area contributed by atoms with Gasteiger partial charge < -0.3 is 9.64 Å². The van der Waals surface area contributed by atoms with Gasteiger partial charge in [-0.3, -0.25) is 4.79 Å². The summed E-state index contributed by atoms with van der Waals surface area (Å²) in [6.07, 6.45) is 5.63. The Morgan fingerprint density at radius 2 is 2.17 bits per heavy atom. The maximum atomic E-state index is 11.3. The average molecular weight is 169 g/mol. The van der Waals surface area contributed by atoms with E-state index in [0.717, 1.165) is 25.9 Å². The van der Waals surface area contributed by atoms with Gasteiger partial charge in [0.15, 0.2) is 0 Å². The van der Waals surface area contributed by atoms with Gasteiger partial charge in [0, 0.05) is 26.3 Å². The molecule has 0 spiro atoms. The largest absolute Gasteiger partial charge is 0.381 e. The summed E-state index contributed by atoms with van der Waals surface area (Å²) >= 11 is 0. The summed E-state index contributed by atoms with van der Waals surface area (Å²) in [5.74, 6) is 0.115. The molecule has 1 amide bonds. The van der Waals surface area contributed by atoms with E-state index < -0.39 is 0 Å². The van der Waals surface area contributed by atoms with Crippen molar-refractivity contribution in [2.75, 3.05) is 26.8 Å². The van der Waals surface area contributed by atoms with Crippen LogP contribution in [0.5, 0.6) is 0 Å². The molecule has 1 aliphatic heterocycles. The zero-order chi connectivity index (χ0) is 8.81. The number of carbonyl (C=O) groups is 1. The standard InChI is InChI=1S/C9H15NO2/c1-12-8-4-5-9(11)10-6-2-3-7-10/h4-5H,2-3,6-8H2,1H3/b5-4+. The summed E-state index contributed by atoms with van der Waals surface area (Å²) < 4.78 is 4.80. The molecule has 0 unspecified atom stereocenters. The lowest BCUT2D eigenvalue weighted by atomic mass is 10.4. The molecule has 0 aromatic carbocycles. The van der Waals surface area contributed by atoms with E-state index >= 15 is 0 Å². The lowest BCUT2D eigenvalue weighted by Gasteiger charge is -2.11. The Labute approximate surface area is 73.0 Å². The Balaban J connectivity index is 2.26. The van der Waals surface area contributed by atoms with Crippen molar-refractivity contribution in [3.63, 3.8) is 0 Å². The Hall–Kier alpha value is -0.830. The van der Waals surface area contributed by atoms with Crippen LogP contribution < -0.4 is 0 Å². The smallest absolute Gasteiger partial charge is 0.246 e. The van der Waals surface area contributed by atoms with E-state index in [2.05, 4.69) is 0 Å². The molecule has 68 valence electrons. The lowest BCUT2D eigenvalue weighted by molar-refractivity contribution is -0.125. The predicted octanol–water partition coefficient (Wildman–Crippen LogP) is 0.811. The number of nitrogens with zero attached hydrogens (tertiary/aromatic N) is 1. The van der Waals surface area contributed by atoms with Crippen molar-refractivity contribution in [1.29, 1.82) is 0 Å². The maximum Gasteiger partial charge on any atom is 0.246 e. The summed E-state index contributed by atoms with van der Waals surface area (Å²) in [5.41, 5.74) is 0. The molecule has 0 bridgehead atoms. The normalized spacial score (nSPS) is 17.6. The van der Waals surface area contributed by atoms with E-state index in [4.69, 9.17) is 4.74 Å². The topological polar surface area (TPSA) is 29.5 Å². The first-order valence-electron chi connectivity index (χ1n) is 4.29. The monoisotopic (exact) mass is 169 g/mol. The van der Waals surface area contributed by atoms with E-state index in [9.17, 15) is 4.79 Å². The van der Waals surface area contributed by atoms with Crippen LogP contribution in [0.15, 0.2) is 12.2 Å². The number of likely N-dealkylation sites (tertiary alicyclic amines) is 1. The van der Waals surface area contributed by atoms with Gasteiger partial charge in [-0.05, 0) is 12.8 Å².